The van der Waals surface area contributed by atoms with Crippen molar-refractivity contribution in [3.8, 4) is 5.69 Å². The number of benzene rings is 2. The molecule has 134 valence electrons. The fourth-order valence-electron chi connectivity index (χ4n) is 2.61. The lowest BCUT2D eigenvalue weighted by Gasteiger charge is -2.12. The van der Waals surface area contributed by atoms with Gasteiger partial charge in [-0.15, -0.1) is 11.8 Å². The smallest absolute Gasteiger partial charge is 0.230 e. The van der Waals surface area contributed by atoms with Crippen LogP contribution < -0.4 is 5.32 Å². The second kappa shape index (κ2) is 9.05. The number of hydrogen-bond donors (Lipinski definition) is 1. The molecule has 0 bridgehead atoms. The Morgan fingerprint density at radius 1 is 1.19 bits per heavy atom. The van der Waals surface area contributed by atoms with Gasteiger partial charge in [-0.05, 0) is 36.2 Å². The minimum absolute atomic E-state index is 0.0456. The molecule has 0 aliphatic heterocycles. The zero-order valence-electron chi connectivity index (χ0n) is 14.5. The molecule has 6 heteroatoms. The number of nitrogens with zero attached hydrogens (tertiary/aromatic N) is 2. The van der Waals surface area contributed by atoms with Crippen molar-refractivity contribution in [2.24, 2.45) is 0 Å². The Hall–Kier alpha value is -2.05. The number of nitrogens with one attached hydrogen (secondary N) is 1. The van der Waals surface area contributed by atoms with Crippen LogP contribution in [0.15, 0.2) is 65.4 Å². The number of aryl methyl sites for hydroxylation is 1. The highest BCUT2D eigenvalue weighted by Gasteiger charge is 2.08. The van der Waals surface area contributed by atoms with Gasteiger partial charge in [-0.25, -0.2) is 4.98 Å². The average molecular weight is 430 g/mol. The van der Waals surface area contributed by atoms with Crippen LogP contribution in [0.25, 0.3) is 5.69 Å². The number of rotatable bonds is 7. The van der Waals surface area contributed by atoms with E-state index in [1.54, 1.807) is 18.0 Å². The number of hydrogen-bond acceptors (Lipinski definition) is 3. The van der Waals surface area contributed by atoms with Gasteiger partial charge in [0.1, 0.15) is 5.82 Å². The van der Waals surface area contributed by atoms with Crippen molar-refractivity contribution in [2.45, 2.75) is 19.2 Å². The molecule has 0 fully saturated rings. The van der Waals surface area contributed by atoms with Gasteiger partial charge >= 0.3 is 0 Å². The van der Waals surface area contributed by atoms with Gasteiger partial charge in [0.2, 0.25) is 5.91 Å². The van der Waals surface area contributed by atoms with Gasteiger partial charge < -0.3 is 9.88 Å². The highest BCUT2D eigenvalue weighted by Crippen LogP contribution is 2.17. The molecule has 3 rings (SSSR count). The fraction of sp³-hybridized carbons (Fsp3) is 0.200. The second-order valence-corrected chi connectivity index (χ2v) is 7.77. The van der Waals surface area contributed by atoms with Crippen molar-refractivity contribution in [3.05, 3.63) is 82.3 Å². The van der Waals surface area contributed by atoms with Crippen LogP contribution in [0.3, 0.4) is 0 Å². The average Bonchev–Trinajstić information content (AvgIpc) is 3.08. The molecule has 3 aromatic rings. The van der Waals surface area contributed by atoms with E-state index in [4.69, 9.17) is 0 Å². The fourth-order valence-corrected chi connectivity index (χ4v) is 3.70. The summed E-state index contributed by atoms with van der Waals surface area (Å²) in [6, 6.07) is 16.2. The van der Waals surface area contributed by atoms with Crippen LogP contribution in [0.1, 0.15) is 17.0 Å². The predicted octanol–water partition coefficient (Wildman–Crippen LogP) is 4.49. The molecular weight excluding hydrogens is 410 g/mol. The van der Waals surface area contributed by atoms with Crippen LogP contribution in [-0.4, -0.2) is 21.2 Å². The van der Waals surface area contributed by atoms with Gasteiger partial charge in [-0.2, -0.15) is 0 Å². The summed E-state index contributed by atoms with van der Waals surface area (Å²) in [5, 5.41) is 3.02. The molecule has 1 N–H and O–H groups in total. The van der Waals surface area contributed by atoms with Crippen molar-refractivity contribution in [1.29, 1.82) is 0 Å². The number of amides is 1. The van der Waals surface area contributed by atoms with E-state index in [1.165, 1.54) is 5.56 Å². The Labute approximate surface area is 166 Å². The zero-order chi connectivity index (χ0) is 18.4. The molecule has 0 radical (unpaired) electrons. The summed E-state index contributed by atoms with van der Waals surface area (Å²) in [4.78, 5) is 16.4. The van der Waals surface area contributed by atoms with Gasteiger partial charge in [-0.1, -0.05) is 46.3 Å². The van der Waals surface area contributed by atoms with E-state index in [0.717, 1.165) is 27.3 Å². The Bertz CT molecular complexity index is 877. The lowest BCUT2D eigenvalue weighted by atomic mass is 10.1. The van der Waals surface area contributed by atoms with Crippen molar-refractivity contribution < 1.29 is 4.79 Å². The number of imidazole rings is 1. The van der Waals surface area contributed by atoms with Gasteiger partial charge in [0.15, 0.2) is 0 Å². The monoisotopic (exact) mass is 429 g/mol. The molecule has 26 heavy (non-hydrogen) atoms. The number of halogens is 1. The highest BCUT2D eigenvalue weighted by atomic mass is 79.9. The maximum atomic E-state index is 12.2. The summed E-state index contributed by atoms with van der Waals surface area (Å²) in [5.74, 6) is 2.24. The SMILES string of the molecule is Cc1nccn1-c1ccccc1CNC(=O)CSCc1ccc(Br)cc1. The molecule has 1 aromatic heterocycles. The van der Waals surface area contributed by atoms with E-state index in [0.29, 0.717) is 12.3 Å². The number of aromatic nitrogens is 2. The molecule has 0 spiro atoms. The minimum Gasteiger partial charge on any atom is -0.351 e. The Morgan fingerprint density at radius 3 is 2.69 bits per heavy atom. The first-order valence-corrected chi connectivity index (χ1v) is 10.3. The molecule has 1 amide bonds. The maximum absolute atomic E-state index is 12.2. The van der Waals surface area contributed by atoms with E-state index in [-0.39, 0.29) is 5.91 Å². The minimum atomic E-state index is 0.0456. The molecule has 0 aliphatic carbocycles. The molecule has 4 nitrogen and oxygen atoms in total. The highest BCUT2D eigenvalue weighted by molar-refractivity contribution is 9.10. The van der Waals surface area contributed by atoms with E-state index in [2.05, 4.69) is 38.4 Å². The third-order valence-electron chi connectivity index (χ3n) is 3.97. The molecule has 0 unspecified atom stereocenters. The van der Waals surface area contributed by atoms with Gasteiger partial charge in [0, 0.05) is 29.2 Å². The van der Waals surface area contributed by atoms with Crippen LogP contribution in [-0.2, 0) is 17.1 Å². The van der Waals surface area contributed by atoms with E-state index < -0.39 is 0 Å². The predicted molar refractivity (Wildman–Crippen MR) is 110 cm³/mol. The summed E-state index contributed by atoms with van der Waals surface area (Å²) in [6.07, 6.45) is 3.72. The lowest BCUT2D eigenvalue weighted by Crippen LogP contribution is -2.25. The zero-order valence-corrected chi connectivity index (χ0v) is 16.9. The van der Waals surface area contributed by atoms with Crippen molar-refractivity contribution >= 4 is 33.6 Å². The van der Waals surface area contributed by atoms with Crippen LogP contribution >= 0.6 is 27.7 Å². The van der Waals surface area contributed by atoms with Gasteiger partial charge in [-0.3, -0.25) is 4.79 Å². The first kappa shape index (κ1) is 18.7. The van der Waals surface area contributed by atoms with Gasteiger partial charge in [0.05, 0.1) is 11.4 Å². The summed E-state index contributed by atoms with van der Waals surface area (Å²) >= 11 is 5.04. The quantitative estimate of drug-likeness (QED) is 0.601. The molecule has 0 aliphatic rings. The van der Waals surface area contributed by atoms with E-state index in [1.807, 2.05) is 54.1 Å². The van der Waals surface area contributed by atoms with Gasteiger partial charge in [0.25, 0.3) is 0 Å². The van der Waals surface area contributed by atoms with Crippen molar-refractivity contribution in [1.82, 2.24) is 14.9 Å². The van der Waals surface area contributed by atoms with Crippen LogP contribution in [0.4, 0.5) is 0 Å². The van der Waals surface area contributed by atoms with E-state index in [9.17, 15) is 4.79 Å². The third-order valence-corrected chi connectivity index (χ3v) is 5.50. The van der Waals surface area contributed by atoms with Crippen LogP contribution in [0, 0.1) is 6.92 Å². The van der Waals surface area contributed by atoms with Crippen molar-refractivity contribution in [3.63, 3.8) is 0 Å². The molecule has 2 aromatic carbocycles. The molecule has 0 saturated carbocycles. The first-order valence-electron chi connectivity index (χ1n) is 8.30. The molecule has 0 atom stereocenters. The van der Waals surface area contributed by atoms with E-state index >= 15 is 0 Å². The summed E-state index contributed by atoms with van der Waals surface area (Å²) in [7, 11) is 0. The van der Waals surface area contributed by atoms with Crippen LogP contribution in [0.2, 0.25) is 0 Å². The lowest BCUT2D eigenvalue weighted by molar-refractivity contribution is -0.118. The van der Waals surface area contributed by atoms with Crippen molar-refractivity contribution in [2.75, 3.05) is 5.75 Å². The number of carbonyl (C=O) groups excluding carboxylic acids is 1. The Morgan fingerprint density at radius 2 is 1.96 bits per heavy atom. The third kappa shape index (κ3) is 4.99. The topological polar surface area (TPSA) is 46.9 Å². The molecular formula is C20H20BrN3OS. The molecule has 1 heterocycles. The normalized spacial score (nSPS) is 10.7. The standard InChI is InChI=1S/C20H20BrN3OS/c1-15-22-10-11-24(15)19-5-3-2-4-17(19)12-23-20(25)14-26-13-16-6-8-18(21)9-7-16/h2-11H,12-14H2,1H3,(H,23,25). The van der Waals surface area contributed by atoms with Crippen LogP contribution in [0.5, 0.6) is 0 Å². The summed E-state index contributed by atoms with van der Waals surface area (Å²) in [5.41, 5.74) is 3.33. The first-order chi connectivity index (χ1) is 12.6. The molecule has 0 saturated heterocycles. The Balaban J connectivity index is 1.52. The second-order valence-electron chi connectivity index (χ2n) is 5.87. The number of carbonyl (C=O) groups is 1. The maximum Gasteiger partial charge on any atom is 0.230 e. The number of thioether (sulfide) groups is 1. The summed E-state index contributed by atoms with van der Waals surface area (Å²) in [6.45, 7) is 2.47. The largest absolute Gasteiger partial charge is 0.351 e. The summed E-state index contributed by atoms with van der Waals surface area (Å²) < 4.78 is 3.10. The Kier molecular flexibility index (Phi) is 6.52. The number of para-hydroxylation sites is 1.